The third-order valence-corrected chi connectivity index (χ3v) is 6.83. The number of carbonyl (C=O) groups excluding carboxylic acids is 2. The van der Waals surface area contributed by atoms with Crippen molar-refractivity contribution in [3.63, 3.8) is 0 Å². The standard InChI is InChI=1S/C26H44N4O3/c1-20-10-8-6-4-5-7-9-11-25(32)30(3)21(2)26(33)29-23(18-20)24(31)19-28-17-14-22-12-15-27-16-13-22/h12-13,15-16,20-21,23-24,28,31H,4-11,14,17-19H2,1-3H3,(H,29,33)/t20-,21+,23?,24?/m1/s1. The zero-order valence-electron chi connectivity index (χ0n) is 20.8. The van der Waals surface area contributed by atoms with E-state index in [1.807, 2.05) is 12.1 Å². The number of aliphatic hydroxyl groups is 1. The molecule has 2 unspecified atom stereocenters. The SMILES string of the molecule is C[C@@H]1CCCCCCCCC(=O)N(C)[C@@H](C)C(=O)NC(C(O)CNCCc2ccncc2)C1. The van der Waals surface area contributed by atoms with Crippen LogP contribution in [0.3, 0.4) is 0 Å². The summed E-state index contributed by atoms with van der Waals surface area (Å²) in [4.78, 5) is 31.0. The van der Waals surface area contributed by atoms with E-state index in [2.05, 4.69) is 22.5 Å². The maximum Gasteiger partial charge on any atom is 0.242 e. The summed E-state index contributed by atoms with van der Waals surface area (Å²) < 4.78 is 0. The van der Waals surface area contributed by atoms with Crippen molar-refractivity contribution in [2.75, 3.05) is 20.1 Å². The van der Waals surface area contributed by atoms with Crippen molar-refractivity contribution >= 4 is 11.8 Å². The molecular weight excluding hydrogens is 416 g/mol. The Hall–Kier alpha value is -1.99. The van der Waals surface area contributed by atoms with Crippen LogP contribution in [0, 0.1) is 5.92 Å². The molecule has 0 radical (unpaired) electrons. The fraction of sp³-hybridized carbons (Fsp3) is 0.731. The first-order chi connectivity index (χ1) is 15.9. The Labute approximate surface area is 199 Å². The molecule has 33 heavy (non-hydrogen) atoms. The molecule has 0 spiro atoms. The van der Waals surface area contributed by atoms with Crippen molar-refractivity contribution in [3.8, 4) is 0 Å². The zero-order valence-corrected chi connectivity index (χ0v) is 20.8. The van der Waals surface area contributed by atoms with Crippen LogP contribution in [0.25, 0.3) is 0 Å². The van der Waals surface area contributed by atoms with Gasteiger partial charge >= 0.3 is 0 Å². The average molecular weight is 461 g/mol. The molecule has 1 aliphatic rings. The van der Waals surface area contributed by atoms with Gasteiger partial charge < -0.3 is 20.6 Å². The number of aromatic nitrogens is 1. The van der Waals surface area contributed by atoms with Gasteiger partial charge in [-0.3, -0.25) is 14.6 Å². The van der Waals surface area contributed by atoms with Gasteiger partial charge in [0.25, 0.3) is 0 Å². The highest BCUT2D eigenvalue weighted by atomic mass is 16.3. The summed E-state index contributed by atoms with van der Waals surface area (Å²) in [7, 11) is 1.70. The maximum absolute atomic E-state index is 13.0. The highest BCUT2D eigenvalue weighted by Crippen LogP contribution is 2.19. The van der Waals surface area contributed by atoms with Crippen molar-refractivity contribution in [2.24, 2.45) is 5.92 Å². The molecule has 7 nitrogen and oxygen atoms in total. The van der Waals surface area contributed by atoms with E-state index in [1.54, 1.807) is 31.3 Å². The van der Waals surface area contributed by atoms with Crippen molar-refractivity contribution in [2.45, 2.75) is 96.2 Å². The fourth-order valence-corrected chi connectivity index (χ4v) is 4.39. The predicted molar refractivity (Wildman–Crippen MR) is 132 cm³/mol. The molecule has 7 heteroatoms. The van der Waals surface area contributed by atoms with Gasteiger partial charge in [-0.2, -0.15) is 0 Å². The molecule has 1 saturated heterocycles. The quantitative estimate of drug-likeness (QED) is 0.567. The molecule has 1 aromatic rings. The molecule has 0 aromatic carbocycles. The minimum Gasteiger partial charge on any atom is -0.390 e. The summed E-state index contributed by atoms with van der Waals surface area (Å²) in [5, 5.41) is 17.3. The summed E-state index contributed by atoms with van der Waals surface area (Å²) in [6.07, 6.45) is 12.7. The Bertz CT molecular complexity index is 700. The summed E-state index contributed by atoms with van der Waals surface area (Å²) in [6, 6.07) is 3.07. The number of hydrogen-bond acceptors (Lipinski definition) is 5. The average Bonchev–Trinajstić information content (AvgIpc) is 2.81. The number of amides is 2. The fourth-order valence-electron chi connectivity index (χ4n) is 4.39. The largest absolute Gasteiger partial charge is 0.390 e. The van der Waals surface area contributed by atoms with Gasteiger partial charge in [0.15, 0.2) is 0 Å². The molecule has 0 aliphatic carbocycles. The van der Waals surface area contributed by atoms with Gasteiger partial charge in [-0.15, -0.1) is 0 Å². The molecule has 3 N–H and O–H groups in total. The number of aliphatic hydroxyl groups excluding tert-OH is 1. The van der Waals surface area contributed by atoms with Gasteiger partial charge in [0.1, 0.15) is 6.04 Å². The normalized spacial score (nSPS) is 25.5. The monoisotopic (exact) mass is 460 g/mol. The van der Waals surface area contributed by atoms with Crippen LogP contribution in [0.15, 0.2) is 24.5 Å². The van der Waals surface area contributed by atoms with Gasteiger partial charge in [0.2, 0.25) is 11.8 Å². The topological polar surface area (TPSA) is 94.6 Å². The number of hydrogen-bond donors (Lipinski definition) is 3. The van der Waals surface area contributed by atoms with Crippen molar-refractivity contribution < 1.29 is 14.7 Å². The van der Waals surface area contributed by atoms with E-state index in [-0.39, 0.29) is 17.9 Å². The zero-order chi connectivity index (χ0) is 24.1. The van der Waals surface area contributed by atoms with Gasteiger partial charge in [-0.1, -0.05) is 45.4 Å². The van der Waals surface area contributed by atoms with E-state index >= 15 is 0 Å². The minimum atomic E-state index is -0.694. The summed E-state index contributed by atoms with van der Waals surface area (Å²) in [5.41, 5.74) is 1.19. The molecule has 1 aromatic heterocycles. The summed E-state index contributed by atoms with van der Waals surface area (Å²) >= 11 is 0. The van der Waals surface area contributed by atoms with Crippen LogP contribution in [0.5, 0.6) is 0 Å². The summed E-state index contributed by atoms with van der Waals surface area (Å²) in [5.74, 6) is 0.211. The molecule has 2 rings (SSSR count). The van der Waals surface area contributed by atoms with Crippen LogP contribution in [0.1, 0.15) is 77.2 Å². The van der Waals surface area contributed by atoms with E-state index in [4.69, 9.17) is 0 Å². The van der Waals surface area contributed by atoms with Crippen LogP contribution in [-0.2, 0) is 16.0 Å². The lowest BCUT2D eigenvalue weighted by atomic mass is 9.92. The molecule has 2 amide bonds. The lowest BCUT2D eigenvalue weighted by molar-refractivity contribution is -0.139. The number of likely N-dealkylation sites (N-methyl/N-ethyl adjacent to an activating group) is 1. The maximum atomic E-state index is 13.0. The molecule has 4 atom stereocenters. The Morgan fingerprint density at radius 2 is 1.79 bits per heavy atom. The third-order valence-electron chi connectivity index (χ3n) is 6.83. The Kier molecular flexibility index (Phi) is 12.4. The van der Waals surface area contributed by atoms with Crippen LogP contribution in [-0.4, -0.2) is 65.1 Å². The van der Waals surface area contributed by atoms with Crippen molar-refractivity contribution in [1.82, 2.24) is 20.5 Å². The Balaban J connectivity index is 1.96. The third kappa shape index (κ3) is 10.2. The smallest absolute Gasteiger partial charge is 0.242 e. The molecule has 0 bridgehead atoms. The molecule has 2 heterocycles. The lowest BCUT2D eigenvalue weighted by Crippen LogP contribution is -2.54. The van der Waals surface area contributed by atoms with Crippen LogP contribution >= 0.6 is 0 Å². The van der Waals surface area contributed by atoms with Gasteiger partial charge in [0.05, 0.1) is 12.1 Å². The molecule has 1 fully saturated rings. The number of rotatable bonds is 6. The second-order valence-corrected chi connectivity index (χ2v) is 9.67. The van der Waals surface area contributed by atoms with Gasteiger partial charge in [0, 0.05) is 32.4 Å². The van der Waals surface area contributed by atoms with Crippen LogP contribution in [0.4, 0.5) is 0 Å². The van der Waals surface area contributed by atoms with E-state index in [1.165, 1.54) is 24.8 Å². The summed E-state index contributed by atoms with van der Waals surface area (Å²) in [6.45, 7) is 5.11. The number of nitrogens with one attached hydrogen (secondary N) is 2. The van der Waals surface area contributed by atoms with Crippen LogP contribution in [0.2, 0.25) is 0 Å². The molecule has 1 aliphatic heterocycles. The van der Waals surface area contributed by atoms with E-state index < -0.39 is 12.1 Å². The minimum absolute atomic E-state index is 0.00740. The molecule has 0 saturated carbocycles. The number of carbonyl (C=O) groups is 2. The van der Waals surface area contributed by atoms with Gasteiger partial charge in [-0.25, -0.2) is 0 Å². The molecule has 186 valence electrons. The Morgan fingerprint density at radius 3 is 2.52 bits per heavy atom. The van der Waals surface area contributed by atoms with Crippen molar-refractivity contribution in [1.29, 1.82) is 0 Å². The highest BCUT2D eigenvalue weighted by Gasteiger charge is 2.28. The second-order valence-electron chi connectivity index (χ2n) is 9.67. The number of nitrogens with zero attached hydrogens (tertiary/aromatic N) is 2. The van der Waals surface area contributed by atoms with E-state index in [0.717, 1.165) is 45.1 Å². The van der Waals surface area contributed by atoms with Crippen molar-refractivity contribution in [3.05, 3.63) is 30.1 Å². The second kappa shape index (κ2) is 15.0. The number of pyridine rings is 1. The van der Waals surface area contributed by atoms with E-state index in [9.17, 15) is 14.7 Å². The predicted octanol–water partition coefficient (Wildman–Crippen LogP) is 3.07. The van der Waals surface area contributed by atoms with E-state index in [0.29, 0.717) is 18.9 Å². The van der Waals surface area contributed by atoms with Crippen LogP contribution < -0.4 is 10.6 Å². The highest BCUT2D eigenvalue weighted by molar-refractivity contribution is 5.87. The first kappa shape index (κ1) is 27.3. The molecular formula is C26H44N4O3. The first-order valence-corrected chi connectivity index (χ1v) is 12.7. The van der Waals surface area contributed by atoms with Gasteiger partial charge in [-0.05, 0) is 56.3 Å². The first-order valence-electron chi connectivity index (χ1n) is 12.7. The lowest BCUT2D eigenvalue weighted by Gasteiger charge is -2.31. The Morgan fingerprint density at radius 1 is 1.12 bits per heavy atom.